The Bertz CT molecular complexity index is 675. The summed E-state index contributed by atoms with van der Waals surface area (Å²) in [4.78, 5) is 21.5. The fourth-order valence-electron chi connectivity index (χ4n) is 4.79. The number of anilines is 1. The normalized spacial score (nSPS) is 32.6. The van der Waals surface area contributed by atoms with Gasteiger partial charge in [0.1, 0.15) is 0 Å². The summed E-state index contributed by atoms with van der Waals surface area (Å²) in [7, 11) is 0. The van der Waals surface area contributed by atoms with Crippen LogP contribution >= 0.6 is 0 Å². The Morgan fingerprint density at radius 3 is 2.46 bits per heavy atom. The molecule has 0 bridgehead atoms. The predicted molar refractivity (Wildman–Crippen MR) is 91.6 cm³/mol. The molecule has 4 nitrogen and oxygen atoms in total. The zero-order valence-electron chi connectivity index (χ0n) is 14.8. The van der Waals surface area contributed by atoms with Crippen molar-refractivity contribution in [1.29, 1.82) is 0 Å². The van der Waals surface area contributed by atoms with Gasteiger partial charge in [-0.2, -0.15) is 4.39 Å². The van der Waals surface area contributed by atoms with Crippen molar-refractivity contribution in [2.24, 2.45) is 0 Å². The van der Waals surface area contributed by atoms with E-state index in [0.717, 1.165) is 18.5 Å². The van der Waals surface area contributed by atoms with Gasteiger partial charge in [0.15, 0.2) is 0 Å². The van der Waals surface area contributed by atoms with E-state index in [4.69, 9.17) is 0 Å². The van der Waals surface area contributed by atoms with Crippen LogP contribution in [-0.2, 0) is 10.2 Å². The SMILES string of the molecule is CC1(C)C(=O)N(C2CC(C)(N3CCCCC3)C2)c2ccc(F)nc21. The van der Waals surface area contributed by atoms with Crippen LogP contribution in [0.1, 0.15) is 58.6 Å². The summed E-state index contributed by atoms with van der Waals surface area (Å²) >= 11 is 0. The van der Waals surface area contributed by atoms with E-state index in [1.807, 2.05) is 18.7 Å². The first-order valence-electron chi connectivity index (χ1n) is 9.09. The van der Waals surface area contributed by atoms with Gasteiger partial charge in [-0.05, 0) is 71.7 Å². The number of amides is 1. The van der Waals surface area contributed by atoms with Crippen molar-refractivity contribution in [1.82, 2.24) is 9.88 Å². The summed E-state index contributed by atoms with van der Waals surface area (Å²) in [6, 6.07) is 3.29. The lowest BCUT2D eigenvalue weighted by molar-refractivity contribution is -0.123. The van der Waals surface area contributed by atoms with E-state index < -0.39 is 11.4 Å². The second-order valence-corrected chi connectivity index (χ2v) is 8.41. The highest BCUT2D eigenvalue weighted by molar-refractivity contribution is 6.07. The number of pyridine rings is 1. The average molecular weight is 331 g/mol. The second kappa shape index (κ2) is 5.25. The van der Waals surface area contributed by atoms with Crippen LogP contribution in [0.25, 0.3) is 0 Å². The topological polar surface area (TPSA) is 36.4 Å². The first-order valence-corrected chi connectivity index (χ1v) is 9.09. The molecule has 0 unspecified atom stereocenters. The number of hydrogen-bond donors (Lipinski definition) is 0. The molecule has 1 amide bonds. The van der Waals surface area contributed by atoms with Gasteiger partial charge in [0, 0.05) is 11.6 Å². The van der Waals surface area contributed by atoms with Crippen LogP contribution < -0.4 is 4.90 Å². The lowest BCUT2D eigenvalue weighted by atomic mass is 9.71. The Kier molecular flexibility index (Phi) is 3.50. The number of nitrogens with zero attached hydrogens (tertiary/aromatic N) is 3. The number of fused-ring (bicyclic) bond motifs is 1. The molecule has 1 saturated carbocycles. The summed E-state index contributed by atoms with van der Waals surface area (Å²) < 4.78 is 13.6. The fraction of sp³-hybridized carbons (Fsp3) is 0.684. The summed E-state index contributed by atoms with van der Waals surface area (Å²) in [6.07, 6.45) is 5.88. The molecule has 2 fully saturated rings. The predicted octanol–water partition coefficient (Wildman–Crippen LogP) is 3.25. The maximum atomic E-state index is 13.6. The van der Waals surface area contributed by atoms with E-state index in [1.54, 1.807) is 6.07 Å². The van der Waals surface area contributed by atoms with Gasteiger partial charge in [0.05, 0.1) is 16.8 Å². The lowest BCUT2D eigenvalue weighted by Gasteiger charge is -2.55. The van der Waals surface area contributed by atoms with Gasteiger partial charge < -0.3 is 4.90 Å². The third kappa shape index (κ3) is 2.20. The largest absolute Gasteiger partial charge is 0.307 e. The zero-order valence-corrected chi connectivity index (χ0v) is 14.8. The molecule has 4 rings (SSSR count). The quantitative estimate of drug-likeness (QED) is 0.781. The summed E-state index contributed by atoms with van der Waals surface area (Å²) in [5.74, 6) is -0.454. The van der Waals surface area contributed by atoms with E-state index in [0.29, 0.717) is 5.69 Å². The van der Waals surface area contributed by atoms with Gasteiger partial charge in [0.25, 0.3) is 0 Å². The lowest BCUT2D eigenvalue weighted by Crippen LogP contribution is -2.64. The van der Waals surface area contributed by atoms with Crippen LogP contribution in [0, 0.1) is 5.95 Å². The number of hydrogen-bond acceptors (Lipinski definition) is 3. The van der Waals surface area contributed by atoms with Crippen molar-refractivity contribution in [3.63, 3.8) is 0 Å². The van der Waals surface area contributed by atoms with Gasteiger partial charge in [-0.15, -0.1) is 0 Å². The molecule has 3 aliphatic rings. The molecule has 0 N–H and O–H groups in total. The fourth-order valence-corrected chi connectivity index (χ4v) is 4.79. The third-order valence-electron chi connectivity index (χ3n) is 6.28. The summed E-state index contributed by atoms with van der Waals surface area (Å²) in [5.41, 5.74) is 0.844. The second-order valence-electron chi connectivity index (χ2n) is 8.41. The van der Waals surface area contributed by atoms with Crippen molar-refractivity contribution >= 4 is 11.6 Å². The first-order chi connectivity index (χ1) is 11.3. The standard InChI is InChI=1S/C19H26FN3O/c1-18(2)16-14(7-8-15(20)21-16)23(17(18)24)13-11-19(3,12-13)22-9-5-4-6-10-22/h7-8,13H,4-6,9-12H2,1-3H3. The molecule has 0 atom stereocenters. The molecule has 24 heavy (non-hydrogen) atoms. The smallest absolute Gasteiger partial charge is 0.239 e. The maximum Gasteiger partial charge on any atom is 0.239 e. The average Bonchev–Trinajstić information content (AvgIpc) is 2.73. The van der Waals surface area contributed by atoms with E-state index in [1.165, 1.54) is 38.4 Å². The molecule has 0 aromatic carbocycles. The van der Waals surface area contributed by atoms with Crippen molar-refractivity contribution in [2.75, 3.05) is 18.0 Å². The minimum Gasteiger partial charge on any atom is -0.307 e. The molecule has 0 radical (unpaired) electrons. The number of carbonyl (C=O) groups excluding carboxylic acids is 1. The van der Waals surface area contributed by atoms with Crippen LogP contribution in [0.15, 0.2) is 12.1 Å². The molecular formula is C19H26FN3O. The highest BCUT2D eigenvalue weighted by atomic mass is 19.1. The zero-order chi connectivity index (χ0) is 17.1. The molecule has 2 aliphatic heterocycles. The van der Waals surface area contributed by atoms with E-state index in [-0.39, 0.29) is 17.5 Å². The Balaban J connectivity index is 1.57. The Morgan fingerprint density at radius 1 is 1.12 bits per heavy atom. The molecule has 130 valence electrons. The van der Waals surface area contributed by atoms with Gasteiger partial charge in [0.2, 0.25) is 11.9 Å². The van der Waals surface area contributed by atoms with Gasteiger partial charge >= 0.3 is 0 Å². The summed E-state index contributed by atoms with van der Waals surface area (Å²) in [5, 5.41) is 0. The molecule has 0 spiro atoms. The number of aromatic nitrogens is 1. The van der Waals surface area contributed by atoms with Crippen molar-refractivity contribution in [3.8, 4) is 0 Å². The number of piperidine rings is 1. The number of likely N-dealkylation sites (tertiary alicyclic amines) is 1. The first kappa shape index (κ1) is 16.0. The van der Waals surface area contributed by atoms with Crippen LogP contribution in [0.4, 0.5) is 10.1 Å². The van der Waals surface area contributed by atoms with E-state index in [9.17, 15) is 9.18 Å². The van der Waals surface area contributed by atoms with Gasteiger partial charge in [-0.25, -0.2) is 4.98 Å². The van der Waals surface area contributed by atoms with E-state index >= 15 is 0 Å². The highest BCUT2D eigenvalue weighted by Crippen LogP contribution is 2.48. The number of rotatable bonds is 2. The monoisotopic (exact) mass is 331 g/mol. The van der Waals surface area contributed by atoms with Crippen molar-refractivity contribution in [2.45, 2.75) is 69.9 Å². The van der Waals surface area contributed by atoms with Crippen LogP contribution in [0.3, 0.4) is 0 Å². The molecule has 1 aliphatic carbocycles. The number of halogens is 1. The Hall–Kier alpha value is -1.49. The van der Waals surface area contributed by atoms with Gasteiger partial charge in [-0.1, -0.05) is 6.42 Å². The molecule has 1 aromatic heterocycles. The molecule has 5 heteroatoms. The summed E-state index contributed by atoms with van der Waals surface area (Å²) in [6.45, 7) is 8.37. The number of carbonyl (C=O) groups is 1. The van der Waals surface area contributed by atoms with E-state index in [2.05, 4.69) is 16.8 Å². The van der Waals surface area contributed by atoms with Crippen molar-refractivity contribution in [3.05, 3.63) is 23.8 Å². The van der Waals surface area contributed by atoms with Crippen LogP contribution in [-0.4, -0.2) is 40.5 Å². The minimum absolute atomic E-state index is 0.0568. The Labute approximate surface area is 143 Å². The van der Waals surface area contributed by atoms with Crippen LogP contribution in [0.5, 0.6) is 0 Å². The third-order valence-corrected chi connectivity index (χ3v) is 6.28. The molecule has 3 heterocycles. The molecule has 1 aromatic rings. The maximum absolute atomic E-state index is 13.6. The molecule has 1 saturated heterocycles. The minimum atomic E-state index is -0.742. The van der Waals surface area contributed by atoms with Crippen molar-refractivity contribution < 1.29 is 9.18 Å². The van der Waals surface area contributed by atoms with Crippen LogP contribution in [0.2, 0.25) is 0 Å². The molecular weight excluding hydrogens is 305 g/mol. The Morgan fingerprint density at radius 2 is 1.79 bits per heavy atom. The van der Waals surface area contributed by atoms with Gasteiger partial charge in [-0.3, -0.25) is 9.69 Å². The highest BCUT2D eigenvalue weighted by Gasteiger charge is 2.54.